The van der Waals surface area contributed by atoms with E-state index in [4.69, 9.17) is 9.47 Å². The molecule has 22 heavy (non-hydrogen) atoms. The van der Waals surface area contributed by atoms with Crippen LogP contribution in [0.3, 0.4) is 0 Å². The van der Waals surface area contributed by atoms with Crippen LogP contribution >= 0.6 is 0 Å². The highest BCUT2D eigenvalue weighted by atomic mass is 16.5. The van der Waals surface area contributed by atoms with E-state index in [1.54, 1.807) is 19.4 Å². The van der Waals surface area contributed by atoms with Crippen LogP contribution < -0.4 is 10.1 Å². The zero-order chi connectivity index (χ0) is 16.0. The third kappa shape index (κ3) is 3.97. The van der Waals surface area contributed by atoms with Crippen LogP contribution in [0.4, 0.5) is 5.69 Å². The lowest BCUT2D eigenvalue weighted by atomic mass is 9.79. The molecule has 1 aromatic heterocycles. The van der Waals surface area contributed by atoms with Gasteiger partial charge in [0.15, 0.2) is 0 Å². The van der Waals surface area contributed by atoms with Crippen LogP contribution in [-0.2, 0) is 9.53 Å². The molecule has 1 saturated carbocycles. The average molecular weight is 306 g/mol. The van der Waals surface area contributed by atoms with E-state index in [1.165, 1.54) is 0 Å². The molecule has 1 N–H and O–H groups in total. The number of carbonyl (C=O) groups excluding carboxylic acids is 1. The van der Waals surface area contributed by atoms with Crippen LogP contribution in [0.25, 0.3) is 0 Å². The first-order valence-electron chi connectivity index (χ1n) is 8.05. The summed E-state index contributed by atoms with van der Waals surface area (Å²) in [5.74, 6) is 1.16. The monoisotopic (exact) mass is 306 g/mol. The molecule has 1 amide bonds. The number of carbonyl (C=O) groups is 1. The first-order chi connectivity index (χ1) is 10.6. The summed E-state index contributed by atoms with van der Waals surface area (Å²) in [6.07, 6.45) is 6.13. The number of ether oxygens (including phenoxy) is 2. The minimum absolute atomic E-state index is 0.0778. The third-order valence-corrected chi connectivity index (χ3v) is 4.33. The molecule has 122 valence electrons. The quantitative estimate of drug-likeness (QED) is 0.875. The van der Waals surface area contributed by atoms with Crippen molar-refractivity contribution in [1.82, 2.24) is 4.98 Å². The summed E-state index contributed by atoms with van der Waals surface area (Å²) >= 11 is 0. The number of aromatic nitrogens is 1. The summed E-state index contributed by atoms with van der Waals surface area (Å²) in [6.45, 7) is 4.91. The molecule has 1 fully saturated rings. The fourth-order valence-electron chi connectivity index (χ4n) is 2.74. The molecule has 0 bridgehead atoms. The van der Waals surface area contributed by atoms with E-state index in [1.807, 2.05) is 13.0 Å². The Kier molecular flexibility index (Phi) is 5.77. The van der Waals surface area contributed by atoms with Gasteiger partial charge in [-0.15, -0.1) is 0 Å². The summed E-state index contributed by atoms with van der Waals surface area (Å²) in [6, 6.07) is 3.58. The van der Waals surface area contributed by atoms with Crippen molar-refractivity contribution in [3.8, 4) is 5.88 Å². The Morgan fingerprint density at radius 2 is 2.14 bits per heavy atom. The number of methoxy groups -OCH3 is 1. The molecule has 0 unspecified atom stereocenters. The van der Waals surface area contributed by atoms with Crippen molar-refractivity contribution in [3.05, 3.63) is 18.3 Å². The first-order valence-corrected chi connectivity index (χ1v) is 8.05. The van der Waals surface area contributed by atoms with E-state index in [0.29, 0.717) is 24.1 Å². The van der Waals surface area contributed by atoms with Gasteiger partial charge in [0.2, 0.25) is 5.88 Å². The second kappa shape index (κ2) is 7.58. The van der Waals surface area contributed by atoms with Crippen molar-refractivity contribution in [2.24, 2.45) is 5.92 Å². The largest absolute Gasteiger partial charge is 0.478 e. The lowest BCUT2D eigenvalue weighted by Crippen LogP contribution is -2.47. The van der Waals surface area contributed by atoms with Gasteiger partial charge in [-0.1, -0.05) is 13.8 Å². The van der Waals surface area contributed by atoms with Gasteiger partial charge in [-0.25, -0.2) is 4.98 Å². The molecule has 1 aromatic rings. The molecule has 0 spiro atoms. The lowest BCUT2D eigenvalue weighted by molar-refractivity contribution is -0.142. The lowest BCUT2D eigenvalue weighted by Gasteiger charge is -2.36. The third-order valence-electron chi connectivity index (χ3n) is 4.33. The first kappa shape index (κ1) is 16.7. The van der Waals surface area contributed by atoms with E-state index in [-0.39, 0.29) is 5.91 Å². The van der Waals surface area contributed by atoms with Gasteiger partial charge in [0.05, 0.1) is 18.5 Å². The van der Waals surface area contributed by atoms with Crippen LogP contribution in [0.15, 0.2) is 18.3 Å². The van der Waals surface area contributed by atoms with Gasteiger partial charge >= 0.3 is 0 Å². The van der Waals surface area contributed by atoms with Gasteiger partial charge in [-0.3, -0.25) is 4.79 Å². The van der Waals surface area contributed by atoms with E-state index in [2.05, 4.69) is 17.2 Å². The number of anilines is 1. The summed E-state index contributed by atoms with van der Waals surface area (Å²) in [5, 5.41) is 2.92. The fraction of sp³-hybridized carbons (Fsp3) is 0.647. The van der Waals surface area contributed by atoms with E-state index >= 15 is 0 Å². The van der Waals surface area contributed by atoms with Crippen molar-refractivity contribution in [2.75, 3.05) is 19.0 Å². The Bertz CT molecular complexity index is 479. The van der Waals surface area contributed by atoms with Gasteiger partial charge in [-0.05, 0) is 44.1 Å². The zero-order valence-electron chi connectivity index (χ0n) is 13.7. The van der Waals surface area contributed by atoms with Crippen molar-refractivity contribution in [2.45, 2.75) is 51.6 Å². The molecule has 5 nitrogen and oxygen atoms in total. The van der Waals surface area contributed by atoms with E-state index in [9.17, 15) is 4.79 Å². The van der Waals surface area contributed by atoms with Crippen LogP contribution in [-0.4, -0.2) is 30.2 Å². The zero-order valence-corrected chi connectivity index (χ0v) is 13.7. The van der Waals surface area contributed by atoms with Gasteiger partial charge in [0, 0.05) is 13.2 Å². The summed E-state index contributed by atoms with van der Waals surface area (Å²) in [4.78, 5) is 16.8. The highest BCUT2D eigenvalue weighted by Crippen LogP contribution is 2.35. The predicted molar refractivity (Wildman–Crippen MR) is 86.0 cm³/mol. The Morgan fingerprint density at radius 1 is 1.41 bits per heavy atom. The van der Waals surface area contributed by atoms with Crippen molar-refractivity contribution in [1.29, 1.82) is 0 Å². The highest BCUT2D eigenvalue weighted by molar-refractivity contribution is 5.97. The van der Waals surface area contributed by atoms with Gasteiger partial charge in [0.1, 0.15) is 5.60 Å². The van der Waals surface area contributed by atoms with Gasteiger partial charge in [0.25, 0.3) is 5.91 Å². The molecule has 1 aliphatic rings. The highest BCUT2D eigenvalue weighted by Gasteiger charge is 2.41. The van der Waals surface area contributed by atoms with Crippen LogP contribution in [0.5, 0.6) is 5.88 Å². The SMILES string of the molecule is CCCOc1ccc(NC(=O)C2(OC)CCC(C)CC2)cn1. The average Bonchev–Trinajstić information content (AvgIpc) is 2.55. The standard InChI is InChI=1S/C17H26N2O3/c1-4-11-22-15-6-5-14(12-18-15)19-16(20)17(21-3)9-7-13(2)8-10-17/h5-6,12-13H,4,7-11H2,1-3H3,(H,19,20). The molecule has 0 atom stereocenters. The van der Waals surface area contributed by atoms with E-state index in [0.717, 1.165) is 32.1 Å². The van der Waals surface area contributed by atoms with Crippen molar-refractivity contribution in [3.63, 3.8) is 0 Å². The van der Waals surface area contributed by atoms with Crippen LogP contribution in [0, 0.1) is 5.92 Å². The predicted octanol–water partition coefficient (Wildman–Crippen LogP) is 3.40. The summed E-state index contributed by atoms with van der Waals surface area (Å²) in [5.41, 5.74) is -0.0342. The fourth-order valence-corrected chi connectivity index (χ4v) is 2.74. The number of rotatable bonds is 6. The minimum atomic E-state index is -0.704. The number of hydrogen-bond acceptors (Lipinski definition) is 4. The normalized spacial score (nSPS) is 24.8. The minimum Gasteiger partial charge on any atom is -0.478 e. The van der Waals surface area contributed by atoms with Crippen molar-refractivity contribution >= 4 is 11.6 Å². The number of hydrogen-bond donors (Lipinski definition) is 1. The summed E-state index contributed by atoms with van der Waals surface area (Å²) < 4.78 is 11.0. The van der Waals surface area contributed by atoms with Crippen LogP contribution in [0.1, 0.15) is 46.0 Å². The van der Waals surface area contributed by atoms with Crippen LogP contribution in [0.2, 0.25) is 0 Å². The van der Waals surface area contributed by atoms with Gasteiger partial charge in [-0.2, -0.15) is 0 Å². The Balaban J connectivity index is 1.98. The smallest absolute Gasteiger partial charge is 0.256 e. The maximum atomic E-state index is 12.6. The Morgan fingerprint density at radius 3 is 2.68 bits per heavy atom. The Hall–Kier alpha value is -1.62. The molecule has 5 heteroatoms. The van der Waals surface area contributed by atoms with E-state index < -0.39 is 5.60 Å². The number of pyridine rings is 1. The Labute approximate surface area is 132 Å². The molecular weight excluding hydrogens is 280 g/mol. The molecule has 0 aromatic carbocycles. The maximum Gasteiger partial charge on any atom is 0.256 e. The number of nitrogens with zero attached hydrogens (tertiary/aromatic N) is 1. The number of amides is 1. The molecule has 2 rings (SSSR count). The molecule has 0 radical (unpaired) electrons. The second-order valence-electron chi connectivity index (χ2n) is 6.07. The molecule has 1 heterocycles. The van der Waals surface area contributed by atoms with Gasteiger partial charge < -0.3 is 14.8 Å². The maximum absolute atomic E-state index is 12.6. The second-order valence-corrected chi connectivity index (χ2v) is 6.07. The summed E-state index contributed by atoms with van der Waals surface area (Å²) in [7, 11) is 1.62. The topological polar surface area (TPSA) is 60.5 Å². The molecule has 1 aliphatic carbocycles. The van der Waals surface area contributed by atoms with Crippen molar-refractivity contribution < 1.29 is 14.3 Å². The molecular formula is C17H26N2O3. The molecule has 0 saturated heterocycles. The number of nitrogens with one attached hydrogen (secondary N) is 1. The molecule has 0 aliphatic heterocycles.